The molecular weight excluding hydrogens is 371 g/mol. The maximum atomic E-state index is 13.1. The summed E-state index contributed by atoms with van der Waals surface area (Å²) in [7, 11) is 0. The van der Waals surface area contributed by atoms with Crippen LogP contribution in [0.25, 0.3) is 11.3 Å². The maximum Gasteiger partial charge on any atom is 0.416 e. The van der Waals surface area contributed by atoms with Crippen LogP contribution in [0.15, 0.2) is 24.3 Å². The lowest BCUT2D eigenvalue weighted by molar-refractivity contribution is -0.137. The highest BCUT2D eigenvalue weighted by Gasteiger charge is 2.39. The topological polar surface area (TPSA) is 70.1 Å². The Morgan fingerprint density at radius 1 is 1.26 bits per heavy atom. The van der Waals surface area contributed by atoms with Crippen LogP contribution in [0.2, 0.25) is 0 Å². The van der Waals surface area contributed by atoms with E-state index in [1.54, 1.807) is 0 Å². The van der Waals surface area contributed by atoms with Gasteiger partial charge in [-0.1, -0.05) is 0 Å². The van der Waals surface area contributed by atoms with Gasteiger partial charge in [-0.25, -0.2) is 8.78 Å². The number of aryl methyl sites for hydroxylation is 1. The zero-order valence-electron chi connectivity index (χ0n) is 14.2. The molecule has 1 atom stereocenters. The van der Waals surface area contributed by atoms with Gasteiger partial charge in [-0.2, -0.15) is 13.2 Å². The van der Waals surface area contributed by atoms with E-state index >= 15 is 0 Å². The number of aromatic hydroxyl groups is 1. The van der Waals surface area contributed by atoms with E-state index in [1.807, 2.05) is 0 Å². The van der Waals surface area contributed by atoms with Gasteiger partial charge in [-0.05, 0) is 36.8 Å². The summed E-state index contributed by atoms with van der Waals surface area (Å²) in [6, 6.07) is 4.17. The van der Waals surface area contributed by atoms with Gasteiger partial charge in [-0.3, -0.25) is 0 Å². The van der Waals surface area contributed by atoms with Gasteiger partial charge in [0, 0.05) is 24.6 Å². The van der Waals surface area contributed by atoms with E-state index in [2.05, 4.69) is 20.8 Å². The van der Waals surface area contributed by atoms with Gasteiger partial charge < -0.3 is 15.7 Å². The Labute approximate surface area is 151 Å². The van der Waals surface area contributed by atoms with Gasteiger partial charge in [0.05, 0.1) is 17.8 Å². The average molecular weight is 388 g/mol. The van der Waals surface area contributed by atoms with Crippen molar-refractivity contribution in [3.05, 3.63) is 35.4 Å². The molecule has 1 fully saturated rings. The lowest BCUT2D eigenvalue weighted by atomic mass is 10.0. The third kappa shape index (κ3) is 4.44. The average Bonchev–Trinajstić information content (AvgIpc) is 2.91. The second kappa shape index (κ2) is 6.91. The van der Waals surface area contributed by atoms with E-state index in [1.165, 1.54) is 19.1 Å². The van der Waals surface area contributed by atoms with Crippen molar-refractivity contribution < 1.29 is 27.1 Å². The number of phenols is 1. The minimum absolute atomic E-state index is 0.152. The van der Waals surface area contributed by atoms with Crippen LogP contribution >= 0.6 is 0 Å². The van der Waals surface area contributed by atoms with Crippen molar-refractivity contribution in [2.45, 2.75) is 31.5 Å². The number of benzene rings is 1. The second-order valence-corrected chi connectivity index (χ2v) is 6.51. The highest BCUT2D eigenvalue weighted by Crippen LogP contribution is 2.38. The van der Waals surface area contributed by atoms with E-state index in [-0.39, 0.29) is 36.3 Å². The summed E-state index contributed by atoms with van der Waals surface area (Å²) in [6.45, 7) is 1.30. The molecule has 0 saturated carbocycles. The molecule has 3 rings (SSSR count). The number of hydrogen-bond acceptors (Lipinski definition) is 5. The molecule has 10 heteroatoms. The SMILES string of the molecule is Cc1cc(C(F)(F)F)cc(O)c1-c1ccc(NCC2CC(F)(F)CN2)nn1. The third-order valence-electron chi connectivity index (χ3n) is 4.29. The molecule has 1 saturated heterocycles. The first kappa shape index (κ1) is 19.3. The monoisotopic (exact) mass is 388 g/mol. The number of rotatable bonds is 4. The van der Waals surface area contributed by atoms with Crippen molar-refractivity contribution in [2.75, 3.05) is 18.4 Å². The van der Waals surface area contributed by atoms with Gasteiger partial charge in [0.1, 0.15) is 11.6 Å². The van der Waals surface area contributed by atoms with Crippen LogP contribution in [0, 0.1) is 6.92 Å². The van der Waals surface area contributed by atoms with Crippen molar-refractivity contribution in [3.63, 3.8) is 0 Å². The van der Waals surface area contributed by atoms with Crippen molar-refractivity contribution >= 4 is 5.82 Å². The van der Waals surface area contributed by atoms with Crippen LogP contribution in [-0.4, -0.2) is 40.4 Å². The van der Waals surface area contributed by atoms with Crippen LogP contribution in [0.5, 0.6) is 5.75 Å². The molecule has 5 nitrogen and oxygen atoms in total. The molecule has 146 valence electrons. The van der Waals surface area contributed by atoms with Gasteiger partial charge in [0.25, 0.3) is 5.92 Å². The largest absolute Gasteiger partial charge is 0.507 e. The zero-order valence-corrected chi connectivity index (χ0v) is 14.2. The molecule has 1 aliphatic heterocycles. The first-order valence-electron chi connectivity index (χ1n) is 8.15. The normalized spacial score (nSPS) is 19.3. The Bertz CT molecular complexity index is 800. The smallest absolute Gasteiger partial charge is 0.416 e. The number of anilines is 1. The molecule has 0 amide bonds. The molecule has 0 bridgehead atoms. The summed E-state index contributed by atoms with van der Waals surface area (Å²) in [6.07, 6.45) is -4.84. The van der Waals surface area contributed by atoms with Gasteiger partial charge >= 0.3 is 6.18 Å². The molecular formula is C17H17F5N4O. The quantitative estimate of drug-likeness (QED) is 0.699. The molecule has 1 aliphatic rings. The van der Waals surface area contributed by atoms with E-state index in [9.17, 15) is 27.1 Å². The molecule has 0 aliphatic carbocycles. The van der Waals surface area contributed by atoms with Crippen molar-refractivity contribution in [2.24, 2.45) is 0 Å². The van der Waals surface area contributed by atoms with E-state index in [0.29, 0.717) is 11.9 Å². The highest BCUT2D eigenvalue weighted by molar-refractivity contribution is 5.71. The molecule has 0 spiro atoms. The lowest BCUT2D eigenvalue weighted by Crippen LogP contribution is -2.29. The highest BCUT2D eigenvalue weighted by atomic mass is 19.4. The van der Waals surface area contributed by atoms with Crippen molar-refractivity contribution in [3.8, 4) is 17.0 Å². The molecule has 1 unspecified atom stereocenters. The van der Waals surface area contributed by atoms with Crippen molar-refractivity contribution in [1.82, 2.24) is 15.5 Å². The van der Waals surface area contributed by atoms with Crippen LogP contribution in [-0.2, 0) is 6.18 Å². The lowest BCUT2D eigenvalue weighted by Gasteiger charge is -2.14. The zero-order chi connectivity index (χ0) is 19.8. The fourth-order valence-electron chi connectivity index (χ4n) is 3.00. The summed E-state index contributed by atoms with van der Waals surface area (Å²) in [4.78, 5) is 0. The number of halogens is 5. The number of hydrogen-bond donors (Lipinski definition) is 3. The predicted octanol–water partition coefficient (Wildman–Crippen LogP) is 3.59. The predicted molar refractivity (Wildman–Crippen MR) is 88.7 cm³/mol. The van der Waals surface area contributed by atoms with Crippen LogP contribution in [0.3, 0.4) is 0 Å². The van der Waals surface area contributed by atoms with E-state index in [0.717, 1.165) is 6.07 Å². The third-order valence-corrected chi connectivity index (χ3v) is 4.29. The Morgan fingerprint density at radius 2 is 2.00 bits per heavy atom. The van der Waals surface area contributed by atoms with Gasteiger partial charge in [-0.15, -0.1) is 10.2 Å². The van der Waals surface area contributed by atoms with Gasteiger partial charge in [0.15, 0.2) is 0 Å². The maximum absolute atomic E-state index is 13.1. The summed E-state index contributed by atoms with van der Waals surface area (Å²) >= 11 is 0. The summed E-state index contributed by atoms with van der Waals surface area (Å²) in [5.41, 5.74) is -0.392. The van der Waals surface area contributed by atoms with E-state index in [4.69, 9.17) is 0 Å². The standard InChI is InChI=1S/C17H17F5N4O/c1-9-4-10(17(20,21)22)5-13(27)15(9)12-2-3-14(26-25-12)23-7-11-6-16(18,19)8-24-11/h2-5,11,24,27H,6-8H2,1H3,(H,23,26). The Kier molecular flexibility index (Phi) is 4.94. The molecule has 2 aromatic rings. The summed E-state index contributed by atoms with van der Waals surface area (Å²) in [5.74, 6) is -2.94. The minimum Gasteiger partial charge on any atom is -0.507 e. The fraction of sp³-hybridized carbons (Fsp3) is 0.412. The fourth-order valence-corrected chi connectivity index (χ4v) is 3.00. The van der Waals surface area contributed by atoms with E-state index < -0.39 is 29.5 Å². The Morgan fingerprint density at radius 3 is 2.52 bits per heavy atom. The number of phenolic OH excluding ortho intramolecular Hbond substituents is 1. The molecule has 2 heterocycles. The van der Waals surface area contributed by atoms with Crippen LogP contribution in [0.4, 0.5) is 27.8 Å². The number of aromatic nitrogens is 2. The molecule has 1 aromatic carbocycles. The van der Waals surface area contributed by atoms with Gasteiger partial charge in [0.2, 0.25) is 0 Å². The Balaban J connectivity index is 1.72. The first-order chi connectivity index (χ1) is 12.5. The molecule has 27 heavy (non-hydrogen) atoms. The number of nitrogens with zero attached hydrogens (tertiary/aromatic N) is 2. The second-order valence-electron chi connectivity index (χ2n) is 6.51. The minimum atomic E-state index is -4.56. The van der Waals surface area contributed by atoms with Crippen LogP contribution in [0.1, 0.15) is 17.5 Å². The molecule has 0 radical (unpaired) electrons. The summed E-state index contributed by atoms with van der Waals surface area (Å²) in [5, 5.41) is 23.4. The first-order valence-corrected chi connectivity index (χ1v) is 8.15. The van der Waals surface area contributed by atoms with Crippen LogP contribution < -0.4 is 10.6 Å². The molecule has 3 N–H and O–H groups in total. The number of alkyl halides is 5. The number of nitrogens with one attached hydrogen (secondary N) is 2. The Hall–Kier alpha value is -2.49. The summed E-state index contributed by atoms with van der Waals surface area (Å²) < 4.78 is 64.6. The van der Waals surface area contributed by atoms with Crippen molar-refractivity contribution in [1.29, 1.82) is 0 Å². The molecule has 1 aromatic heterocycles.